The molecular weight excluding hydrogens is 444 g/mol. The number of sulfonamides is 1. The van der Waals surface area contributed by atoms with Crippen molar-refractivity contribution in [2.24, 2.45) is 0 Å². The molecule has 1 heterocycles. The molecule has 1 aromatic heterocycles. The van der Waals surface area contributed by atoms with Crippen molar-refractivity contribution in [1.82, 2.24) is 4.90 Å². The van der Waals surface area contributed by atoms with Crippen molar-refractivity contribution in [3.05, 3.63) is 77.2 Å². The lowest BCUT2D eigenvalue weighted by atomic mass is 10.1. The number of benzene rings is 2. The fourth-order valence-corrected chi connectivity index (χ4v) is 5.29. The summed E-state index contributed by atoms with van der Waals surface area (Å²) >= 11 is 1.16. The number of amides is 1. The summed E-state index contributed by atoms with van der Waals surface area (Å²) in [5.74, 6) is 2.74. The molecule has 0 aliphatic heterocycles. The minimum absolute atomic E-state index is 0.170. The minimum Gasteiger partial charge on any atom is -0.484 e. The van der Waals surface area contributed by atoms with Crippen LogP contribution in [0.2, 0.25) is 0 Å². The van der Waals surface area contributed by atoms with Crippen LogP contribution < -0.4 is 9.04 Å². The van der Waals surface area contributed by atoms with E-state index >= 15 is 0 Å². The van der Waals surface area contributed by atoms with Gasteiger partial charge in [-0.15, -0.1) is 17.8 Å². The van der Waals surface area contributed by atoms with Crippen LogP contribution in [0.3, 0.4) is 0 Å². The molecule has 0 fully saturated rings. The molecule has 0 unspecified atom stereocenters. The number of carbonyl (C=O) groups excluding carboxylic acids is 1. The number of anilines is 1. The van der Waals surface area contributed by atoms with Gasteiger partial charge in [-0.05, 0) is 48.2 Å². The summed E-state index contributed by atoms with van der Waals surface area (Å²) in [5.41, 5.74) is 2.62. The van der Waals surface area contributed by atoms with Gasteiger partial charge >= 0.3 is 0 Å². The van der Waals surface area contributed by atoms with Crippen LogP contribution in [0.25, 0.3) is 0 Å². The Morgan fingerprint density at radius 3 is 2.38 bits per heavy atom. The number of nitrogens with zero attached hydrogens (tertiary/aromatic N) is 2. The maximum atomic E-state index is 12.6. The minimum atomic E-state index is -3.61. The molecule has 0 aliphatic rings. The summed E-state index contributed by atoms with van der Waals surface area (Å²) in [7, 11) is -2.11. The van der Waals surface area contributed by atoms with Crippen molar-refractivity contribution in [1.29, 1.82) is 0 Å². The van der Waals surface area contributed by atoms with Crippen LogP contribution in [0.5, 0.6) is 5.75 Å². The van der Waals surface area contributed by atoms with Crippen molar-refractivity contribution in [3.63, 3.8) is 0 Å². The number of hydrogen-bond donors (Lipinski definition) is 0. The summed E-state index contributed by atoms with van der Waals surface area (Å²) in [6.07, 6.45) is 5.43. The van der Waals surface area contributed by atoms with E-state index in [2.05, 4.69) is 5.92 Å². The van der Waals surface area contributed by atoms with Gasteiger partial charge in [0.1, 0.15) is 9.96 Å². The van der Waals surface area contributed by atoms with Crippen molar-refractivity contribution in [3.8, 4) is 18.1 Å². The van der Waals surface area contributed by atoms with Crippen LogP contribution in [0.1, 0.15) is 11.1 Å². The Morgan fingerprint density at radius 1 is 1.09 bits per heavy atom. The van der Waals surface area contributed by atoms with Crippen LogP contribution in [0, 0.1) is 19.3 Å². The molecule has 0 spiro atoms. The molecule has 0 atom stereocenters. The third-order valence-corrected chi connectivity index (χ3v) is 7.96. The lowest BCUT2D eigenvalue weighted by Crippen LogP contribution is -2.34. The summed E-state index contributed by atoms with van der Waals surface area (Å²) in [4.78, 5) is 14.2. The Bertz CT molecular complexity index is 1180. The second-order valence-corrected chi connectivity index (χ2v) is 10.3. The lowest BCUT2D eigenvalue weighted by molar-refractivity contribution is -0.133. The van der Waals surface area contributed by atoms with E-state index in [1.807, 2.05) is 31.2 Å². The third kappa shape index (κ3) is 5.69. The first-order valence-corrected chi connectivity index (χ1v) is 12.2. The number of ether oxygens (including phenoxy) is 1. The molecule has 1 amide bonds. The summed E-state index contributed by atoms with van der Waals surface area (Å²) in [5, 5.41) is 1.72. The topological polar surface area (TPSA) is 66.9 Å². The van der Waals surface area contributed by atoms with E-state index in [9.17, 15) is 13.2 Å². The Labute approximate surface area is 193 Å². The number of aryl methyl sites for hydroxylation is 1. The van der Waals surface area contributed by atoms with Crippen molar-refractivity contribution in [2.75, 3.05) is 24.5 Å². The summed E-state index contributed by atoms with van der Waals surface area (Å²) in [6, 6.07) is 17.7. The van der Waals surface area contributed by atoms with Crippen LogP contribution in [0.15, 0.2) is 70.3 Å². The zero-order valence-corrected chi connectivity index (χ0v) is 19.5. The summed E-state index contributed by atoms with van der Waals surface area (Å²) in [6.45, 7) is 2.41. The van der Waals surface area contributed by atoms with Crippen LogP contribution in [-0.4, -0.2) is 39.4 Å². The highest BCUT2D eigenvalue weighted by Gasteiger charge is 2.22. The van der Waals surface area contributed by atoms with Gasteiger partial charge in [0.25, 0.3) is 15.9 Å². The van der Waals surface area contributed by atoms with Crippen LogP contribution in [-0.2, 0) is 21.4 Å². The predicted octanol–water partition coefficient (Wildman–Crippen LogP) is 3.92. The van der Waals surface area contributed by atoms with E-state index in [1.165, 1.54) is 11.4 Å². The SMILES string of the molecule is C#CCN(Cc1ccc(C)cc1)C(=O)COc1ccc(N(C)S(=O)(=O)c2cccs2)cc1. The molecule has 0 radical (unpaired) electrons. The van der Waals surface area contributed by atoms with Crippen molar-refractivity contribution >= 4 is 33.0 Å². The maximum Gasteiger partial charge on any atom is 0.273 e. The number of terminal acetylenes is 1. The molecular formula is C24H24N2O4S2. The molecule has 32 heavy (non-hydrogen) atoms. The molecule has 0 bridgehead atoms. The Kier molecular flexibility index (Phi) is 7.57. The van der Waals surface area contributed by atoms with E-state index in [4.69, 9.17) is 11.2 Å². The van der Waals surface area contributed by atoms with Gasteiger partial charge in [-0.2, -0.15) is 0 Å². The maximum absolute atomic E-state index is 12.6. The fraction of sp³-hybridized carbons (Fsp3) is 0.208. The van der Waals surface area contributed by atoms with E-state index in [1.54, 1.807) is 46.7 Å². The van der Waals surface area contributed by atoms with Gasteiger partial charge in [0.2, 0.25) is 0 Å². The number of thiophene rings is 1. The van der Waals surface area contributed by atoms with Gasteiger partial charge in [0, 0.05) is 13.6 Å². The smallest absolute Gasteiger partial charge is 0.273 e. The van der Waals surface area contributed by atoms with Gasteiger partial charge in [0.05, 0.1) is 12.2 Å². The molecule has 0 saturated heterocycles. The normalized spacial score (nSPS) is 10.9. The summed E-state index contributed by atoms with van der Waals surface area (Å²) < 4.78 is 32.4. The predicted molar refractivity (Wildman–Crippen MR) is 127 cm³/mol. The first-order chi connectivity index (χ1) is 15.3. The second-order valence-electron chi connectivity index (χ2n) is 7.13. The molecule has 3 rings (SSSR count). The van der Waals surface area contributed by atoms with E-state index < -0.39 is 10.0 Å². The molecule has 8 heteroatoms. The van der Waals surface area contributed by atoms with E-state index in [0.29, 0.717) is 18.0 Å². The Balaban J connectivity index is 1.61. The highest BCUT2D eigenvalue weighted by molar-refractivity contribution is 7.94. The highest BCUT2D eigenvalue weighted by atomic mass is 32.2. The Hall–Kier alpha value is -3.28. The second kappa shape index (κ2) is 10.4. The average Bonchev–Trinajstić information content (AvgIpc) is 3.34. The van der Waals surface area contributed by atoms with Crippen LogP contribution >= 0.6 is 11.3 Å². The van der Waals surface area contributed by atoms with Gasteiger partial charge in [0.15, 0.2) is 6.61 Å². The third-order valence-electron chi connectivity index (χ3n) is 4.80. The van der Waals surface area contributed by atoms with Gasteiger partial charge in [-0.1, -0.05) is 41.8 Å². The molecule has 6 nitrogen and oxygen atoms in total. The number of carbonyl (C=O) groups is 1. The molecule has 3 aromatic rings. The van der Waals surface area contributed by atoms with E-state index in [0.717, 1.165) is 22.5 Å². The van der Waals surface area contributed by atoms with Crippen molar-refractivity contribution in [2.45, 2.75) is 17.7 Å². The molecule has 0 N–H and O–H groups in total. The zero-order chi connectivity index (χ0) is 23.1. The monoisotopic (exact) mass is 468 g/mol. The largest absolute Gasteiger partial charge is 0.484 e. The molecule has 166 valence electrons. The molecule has 0 aliphatic carbocycles. The number of rotatable bonds is 9. The van der Waals surface area contributed by atoms with Crippen LogP contribution in [0.4, 0.5) is 5.69 Å². The average molecular weight is 469 g/mol. The molecule has 0 saturated carbocycles. The van der Waals surface area contributed by atoms with E-state index in [-0.39, 0.29) is 23.3 Å². The lowest BCUT2D eigenvalue weighted by Gasteiger charge is -2.21. The quantitative estimate of drug-likeness (QED) is 0.447. The van der Waals surface area contributed by atoms with Gasteiger partial charge in [-0.25, -0.2) is 8.42 Å². The van der Waals surface area contributed by atoms with Gasteiger partial charge < -0.3 is 9.64 Å². The number of hydrogen-bond acceptors (Lipinski definition) is 5. The first-order valence-electron chi connectivity index (χ1n) is 9.83. The standard InChI is InChI=1S/C24H24N2O4S2/c1-4-15-26(17-20-9-7-19(2)8-10-20)23(27)18-30-22-13-11-21(12-14-22)25(3)32(28,29)24-6-5-16-31-24/h1,5-14,16H,15,17-18H2,2-3H3. The zero-order valence-electron chi connectivity index (χ0n) is 17.9. The first kappa shape index (κ1) is 23.4. The highest BCUT2D eigenvalue weighted by Crippen LogP contribution is 2.26. The Morgan fingerprint density at radius 2 is 1.78 bits per heavy atom. The van der Waals surface area contributed by atoms with Crippen molar-refractivity contribution < 1.29 is 17.9 Å². The molecule has 2 aromatic carbocycles. The van der Waals surface area contributed by atoms with Gasteiger partial charge in [-0.3, -0.25) is 9.10 Å². The fourth-order valence-electron chi connectivity index (χ4n) is 2.93.